The fraction of sp³-hybridized carbons (Fsp3) is 0.435. The second-order valence-corrected chi connectivity index (χ2v) is 8.45. The summed E-state index contributed by atoms with van der Waals surface area (Å²) in [5.41, 5.74) is 1.35. The molecule has 0 radical (unpaired) electrons. The van der Waals surface area contributed by atoms with Crippen molar-refractivity contribution in [3.8, 4) is 0 Å². The molecular formula is C23H27N3O4. The third kappa shape index (κ3) is 4.72. The molecule has 30 heavy (non-hydrogen) atoms. The summed E-state index contributed by atoms with van der Waals surface area (Å²) in [4.78, 5) is 38.2. The highest BCUT2D eigenvalue weighted by atomic mass is 16.3. The molecule has 2 unspecified atom stereocenters. The highest BCUT2D eigenvalue weighted by molar-refractivity contribution is 6.00. The molecule has 0 bridgehead atoms. The summed E-state index contributed by atoms with van der Waals surface area (Å²) in [6.45, 7) is 5.42. The second kappa shape index (κ2) is 7.97. The molecule has 2 aliphatic carbocycles. The summed E-state index contributed by atoms with van der Waals surface area (Å²) >= 11 is 0. The van der Waals surface area contributed by atoms with Crippen molar-refractivity contribution in [1.29, 1.82) is 0 Å². The highest BCUT2D eigenvalue weighted by Gasteiger charge is 2.37. The first-order valence-electron chi connectivity index (χ1n) is 10.4. The first-order chi connectivity index (χ1) is 14.3. The lowest BCUT2D eigenvalue weighted by Crippen LogP contribution is -2.32. The van der Waals surface area contributed by atoms with Gasteiger partial charge in [-0.15, -0.1) is 0 Å². The van der Waals surface area contributed by atoms with Gasteiger partial charge in [0.1, 0.15) is 11.5 Å². The van der Waals surface area contributed by atoms with E-state index in [1.807, 2.05) is 17.0 Å². The Morgan fingerprint density at radius 2 is 1.63 bits per heavy atom. The van der Waals surface area contributed by atoms with Crippen molar-refractivity contribution in [3.63, 3.8) is 0 Å². The molecule has 3 amide bonds. The molecule has 4 rings (SSSR count). The maximum atomic E-state index is 13.4. The van der Waals surface area contributed by atoms with E-state index in [1.165, 1.54) is 13.8 Å². The van der Waals surface area contributed by atoms with Gasteiger partial charge in [0.05, 0.1) is 6.54 Å². The molecule has 1 aromatic heterocycles. The van der Waals surface area contributed by atoms with Gasteiger partial charge in [-0.2, -0.15) is 0 Å². The molecule has 2 N–H and O–H groups in total. The van der Waals surface area contributed by atoms with Crippen molar-refractivity contribution < 1.29 is 18.8 Å². The average Bonchev–Trinajstić information content (AvgIpc) is 3.58. The Hall–Kier alpha value is -3.09. The Morgan fingerprint density at radius 3 is 2.13 bits per heavy atom. The number of benzene rings is 1. The lowest BCUT2D eigenvalue weighted by Gasteiger charge is -2.22. The Bertz CT molecular complexity index is 958. The summed E-state index contributed by atoms with van der Waals surface area (Å²) in [7, 11) is 0. The van der Waals surface area contributed by atoms with Crippen LogP contribution in [0.25, 0.3) is 0 Å². The lowest BCUT2D eigenvalue weighted by molar-refractivity contribution is -0.115. The van der Waals surface area contributed by atoms with E-state index in [2.05, 4.69) is 17.6 Å². The highest BCUT2D eigenvalue weighted by Crippen LogP contribution is 2.47. The molecule has 2 atom stereocenters. The van der Waals surface area contributed by atoms with Gasteiger partial charge in [-0.05, 0) is 55.5 Å². The number of hydrogen-bond acceptors (Lipinski definition) is 4. The molecule has 2 aliphatic rings. The van der Waals surface area contributed by atoms with Crippen LogP contribution < -0.4 is 10.6 Å². The molecule has 0 aliphatic heterocycles. The van der Waals surface area contributed by atoms with Crippen molar-refractivity contribution in [1.82, 2.24) is 4.90 Å². The molecule has 2 fully saturated rings. The van der Waals surface area contributed by atoms with E-state index in [-0.39, 0.29) is 23.8 Å². The van der Waals surface area contributed by atoms with Crippen LogP contribution in [0, 0.1) is 5.92 Å². The SMILES string of the molecule is CC(=O)Nc1cc(NC(C)=O)cc(C(=O)N(Cc2ccc(C3CC3C)o2)C2CC2)c1. The van der Waals surface area contributed by atoms with Crippen molar-refractivity contribution in [2.75, 3.05) is 10.6 Å². The van der Waals surface area contributed by atoms with Gasteiger partial charge in [0, 0.05) is 42.7 Å². The molecule has 2 aromatic rings. The van der Waals surface area contributed by atoms with Crippen LogP contribution in [0.1, 0.15) is 67.8 Å². The minimum absolute atomic E-state index is 0.144. The van der Waals surface area contributed by atoms with Crippen molar-refractivity contribution in [3.05, 3.63) is 47.4 Å². The predicted octanol–water partition coefficient (Wildman–Crippen LogP) is 4.12. The third-order valence-corrected chi connectivity index (χ3v) is 5.55. The van der Waals surface area contributed by atoms with Crippen molar-refractivity contribution >= 4 is 29.1 Å². The molecule has 7 nitrogen and oxygen atoms in total. The predicted molar refractivity (Wildman–Crippen MR) is 113 cm³/mol. The zero-order valence-corrected chi connectivity index (χ0v) is 17.5. The topological polar surface area (TPSA) is 91.7 Å². The van der Waals surface area contributed by atoms with Gasteiger partial charge < -0.3 is 20.0 Å². The Morgan fingerprint density at radius 1 is 1.03 bits per heavy atom. The van der Waals surface area contributed by atoms with Crippen LogP contribution in [0.5, 0.6) is 0 Å². The lowest BCUT2D eigenvalue weighted by atomic mass is 10.1. The quantitative estimate of drug-likeness (QED) is 0.719. The molecule has 0 spiro atoms. The third-order valence-electron chi connectivity index (χ3n) is 5.55. The number of hydrogen-bond donors (Lipinski definition) is 2. The Balaban J connectivity index is 1.57. The van der Waals surface area contributed by atoms with Gasteiger partial charge in [-0.3, -0.25) is 14.4 Å². The molecule has 1 aromatic carbocycles. The number of nitrogens with one attached hydrogen (secondary N) is 2. The van der Waals surface area contributed by atoms with E-state index in [4.69, 9.17) is 4.42 Å². The van der Waals surface area contributed by atoms with Gasteiger partial charge in [-0.25, -0.2) is 0 Å². The van der Waals surface area contributed by atoms with Crippen molar-refractivity contribution in [2.45, 2.75) is 58.5 Å². The van der Waals surface area contributed by atoms with Gasteiger partial charge in [0.25, 0.3) is 5.91 Å². The van der Waals surface area contributed by atoms with Crippen molar-refractivity contribution in [2.24, 2.45) is 5.92 Å². The maximum Gasteiger partial charge on any atom is 0.254 e. The fourth-order valence-corrected chi connectivity index (χ4v) is 3.79. The number of carbonyl (C=O) groups excluding carboxylic acids is 3. The number of furan rings is 1. The van der Waals surface area contributed by atoms with Crippen LogP contribution in [-0.2, 0) is 16.1 Å². The molecule has 0 saturated heterocycles. The van der Waals surface area contributed by atoms with E-state index >= 15 is 0 Å². The van der Waals surface area contributed by atoms with E-state index in [0.717, 1.165) is 30.8 Å². The van der Waals surface area contributed by atoms with Crippen LogP contribution in [0.3, 0.4) is 0 Å². The van der Waals surface area contributed by atoms with Gasteiger partial charge in [0.2, 0.25) is 11.8 Å². The zero-order chi connectivity index (χ0) is 21.4. The molecule has 2 saturated carbocycles. The van der Waals surface area contributed by atoms with Crippen LogP contribution in [0.2, 0.25) is 0 Å². The van der Waals surface area contributed by atoms with Crippen LogP contribution in [0.15, 0.2) is 34.7 Å². The summed E-state index contributed by atoms with van der Waals surface area (Å²) in [6.07, 6.45) is 3.08. The number of amides is 3. The monoisotopic (exact) mass is 409 g/mol. The largest absolute Gasteiger partial charge is 0.464 e. The van der Waals surface area contributed by atoms with Gasteiger partial charge in [0.15, 0.2) is 0 Å². The summed E-state index contributed by atoms with van der Waals surface area (Å²) < 4.78 is 6.02. The van der Waals surface area contributed by atoms with E-state index < -0.39 is 0 Å². The maximum absolute atomic E-state index is 13.4. The van der Waals surface area contributed by atoms with Crippen LogP contribution in [-0.4, -0.2) is 28.7 Å². The normalized spacial score (nSPS) is 19.8. The minimum Gasteiger partial charge on any atom is -0.464 e. The van der Waals surface area contributed by atoms with E-state index in [1.54, 1.807) is 18.2 Å². The minimum atomic E-state index is -0.246. The first-order valence-corrected chi connectivity index (χ1v) is 10.4. The summed E-state index contributed by atoms with van der Waals surface area (Å²) in [5, 5.41) is 5.39. The Kier molecular flexibility index (Phi) is 5.37. The Labute approximate surface area is 175 Å². The second-order valence-electron chi connectivity index (χ2n) is 8.45. The van der Waals surface area contributed by atoms with Gasteiger partial charge >= 0.3 is 0 Å². The molecule has 158 valence electrons. The molecule has 1 heterocycles. The number of nitrogens with zero attached hydrogens (tertiary/aromatic N) is 1. The molecular weight excluding hydrogens is 382 g/mol. The average molecular weight is 409 g/mol. The van der Waals surface area contributed by atoms with E-state index in [0.29, 0.717) is 35.3 Å². The molecule has 7 heteroatoms. The summed E-state index contributed by atoms with van der Waals surface area (Å²) in [5.74, 6) is 2.31. The number of anilines is 2. The van der Waals surface area contributed by atoms with Crippen LogP contribution in [0.4, 0.5) is 11.4 Å². The standard InChI is InChI=1S/C23H27N3O4/c1-13-8-21(13)22-7-6-20(30-22)12-26(19-4-5-19)23(29)16-9-17(24-14(2)27)11-18(10-16)25-15(3)28/h6-7,9-11,13,19,21H,4-5,8,12H2,1-3H3,(H,24,27)(H,25,28). The summed E-state index contributed by atoms with van der Waals surface area (Å²) in [6, 6.07) is 9.08. The van der Waals surface area contributed by atoms with Gasteiger partial charge in [-0.1, -0.05) is 6.92 Å². The number of rotatable bonds is 7. The smallest absolute Gasteiger partial charge is 0.254 e. The number of carbonyl (C=O) groups is 3. The zero-order valence-electron chi connectivity index (χ0n) is 17.5. The first kappa shape index (κ1) is 20.2. The van der Waals surface area contributed by atoms with Crippen LogP contribution >= 0.6 is 0 Å². The fourth-order valence-electron chi connectivity index (χ4n) is 3.79. The van der Waals surface area contributed by atoms with E-state index in [9.17, 15) is 14.4 Å².